The van der Waals surface area contributed by atoms with E-state index in [4.69, 9.17) is 14.2 Å². The van der Waals surface area contributed by atoms with E-state index < -0.39 is 17.6 Å². The molecule has 288 valence electrons. The van der Waals surface area contributed by atoms with Crippen LogP contribution in [-0.2, 0) is 31.0 Å². The zero-order valence-electron chi connectivity index (χ0n) is 31.8. The molecular formula is C42H44F3N5O5. The normalized spacial score (nSPS) is 16.7. The molecule has 13 heteroatoms. The van der Waals surface area contributed by atoms with E-state index in [1.807, 2.05) is 63.4 Å². The van der Waals surface area contributed by atoms with Gasteiger partial charge in [-0.25, -0.2) is 0 Å². The third-order valence-electron chi connectivity index (χ3n) is 10.8. The standard InChI is InChI=1S/C42H44F3N5O5/c1-25-26(2)40(51)48(4)23-35(25)28-19-38(53-5)36(39(20-28)54-6)24-49-15-12-32(13-16-49)55-37-9-7-8-33-27(3)50(17-14-34(33)37)41(52)29(21-46)18-31-11-10-30(22-47-31)42(43,44)45/h7-11,18-20,22-23,27,32H,12-17,24H2,1-6H3. The molecule has 1 unspecified atom stereocenters. The molecule has 0 bridgehead atoms. The number of methoxy groups -OCH3 is 2. The number of nitriles is 1. The van der Waals surface area contributed by atoms with Crippen molar-refractivity contribution in [1.82, 2.24) is 19.4 Å². The lowest BCUT2D eigenvalue weighted by Gasteiger charge is -2.37. The van der Waals surface area contributed by atoms with Gasteiger partial charge in [0.05, 0.1) is 37.1 Å². The molecule has 1 saturated heterocycles. The predicted molar refractivity (Wildman–Crippen MR) is 202 cm³/mol. The number of amides is 1. The molecular weight excluding hydrogens is 711 g/mol. The largest absolute Gasteiger partial charge is 0.496 e. The van der Waals surface area contributed by atoms with Gasteiger partial charge < -0.3 is 23.7 Å². The number of alkyl halides is 3. The SMILES string of the molecule is COc1cc(-c2cn(C)c(=O)c(C)c2C)cc(OC)c1CN1CCC(Oc2cccc3c2CCN(C(=O)C(C#N)=Cc2ccc(C(F)(F)F)cn2)C3C)CC1. The number of piperidine rings is 1. The molecule has 10 nitrogen and oxygen atoms in total. The van der Waals surface area contributed by atoms with E-state index in [0.717, 1.165) is 77.2 Å². The van der Waals surface area contributed by atoms with Gasteiger partial charge in [-0.1, -0.05) is 12.1 Å². The van der Waals surface area contributed by atoms with Gasteiger partial charge in [-0.05, 0) is 93.1 Å². The molecule has 55 heavy (non-hydrogen) atoms. The summed E-state index contributed by atoms with van der Waals surface area (Å²) in [5, 5.41) is 9.80. The minimum absolute atomic E-state index is 0.0100. The second kappa shape index (κ2) is 16.0. The number of fused-ring (bicyclic) bond motifs is 1. The van der Waals surface area contributed by atoms with Crippen molar-refractivity contribution in [2.75, 3.05) is 33.9 Å². The zero-order valence-corrected chi connectivity index (χ0v) is 31.8. The van der Waals surface area contributed by atoms with E-state index in [9.17, 15) is 28.0 Å². The predicted octanol–water partition coefficient (Wildman–Crippen LogP) is 7.20. The molecule has 2 aromatic heterocycles. The lowest BCUT2D eigenvalue weighted by atomic mass is 9.92. The Kier molecular flexibility index (Phi) is 11.4. The summed E-state index contributed by atoms with van der Waals surface area (Å²) in [4.78, 5) is 33.8. The Morgan fingerprint density at radius 2 is 1.71 bits per heavy atom. The summed E-state index contributed by atoms with van der Waals surface area (Å²) in [7, 11) is 5.05. The summed E-state index contributed by atoms with van der Waals surface area (Å²) in [6.07, 6.45) is 1.33. The summed E-state index contributed by atoms with van der Waals surface area (Å²) < 4.78 is 58.9. The smallest absolute Gasteiger partial charge is 0.417 e. The number of carbonyl (C=O) groups excluding carboxylic acids is 1. The lowest BCUT2D eigenvalue weighted by molar-refractivity contribution is -0.137. The van der Waals surface area contributed by atoms with Crippen LogP contribution in [0.5, 0.6) is 17.2 Å². The summed E-state index contributed by atoms with van der Waals surface area (Å²) in [6.45, 7) is 8.24. The number of benzene rings is 2. The van der Waals surface area contributed by atoms with Crippen molar-refractivity contribution < 1.29 is 32.2 Å². The van der Waals surface area contributed by atoms with Crippen molar-refractivity contribution in [1.29, 1.82) is 5.26 Å². The number of pyridine rings is 2. The number of rotatable bonds is 9. The number of nitrogens with zero attached hydrogens (tertiary/aromatic N) is 5. The number of halogens is 3. The average molecular weight is 756 g/mol. The van der Waals surface area contributed by atoms with E-state index in [1.165, 1.54) is 6.08 Å². The Bertz CT molecular complexity index is 2190. The third-order valence-corrected chi connectivity index (χ3v) is 10.8. The van der Waals surface area contributed by atoms with Crippen molar-refractivity contribution in [2.24, 2.45) is 7.05 Å². The number of ether oxygens (including phenoxy) is 3. The molecule has 2 aliphatic heterocycles. The fourth-order valence-electron chi connectivity index (χ4n) is 7.48. The van der Waals surface area contributed by atoms with E-state index in [-0.39, 0.29) is 29.0 Å². The molecule has 4 heterocycles. The Labute approximate surface area is 318 Å². The molecule has 1 amide bonds. The van der Waals surface area contributed by atoms with E-state index in [2.05, 4.69) is 9.88 Å². The molecule has 0 spiro atoms. The molecule has 0 radical (unpaired) electrons. The van der Waals surface area contributed by atoms with Gasteiger partial charge in [-0.3, -0.25) is 19.5 Å². The highest BCUT2D eigenvalue weighted by Crippen LogP contribution is 2.39. The minimum atomic E-state index is -4.54. The number of aryl methyl sites for hydroxylation is 1. The highest BCUT2D eigenvalue weighted by molar-refractivity contribution is 6.01. The summed E-state index contributed by atoms with van der Waals surface area (Å²) in [5.74, 6) is 1.69. The van der Waals surface area contributed by atoms with Crippen LogP contribution in [0.4, 0.5) is 13.2 Å². The van der Waals surface area contributed by atoms with Gasteiger partial charge >= 0.3 is 6.18 Å². The summed E-state index contributed by atoms with van der Waals surface area (Å²) in [5.41, 5.74) is 5.30. The molecule has 2 aromatic carbocycles. The monoisotopic (exact) mass is 755 g/mol. The molecule has 0 aliphatic carbocycles. The fraction of sp³-hybridized carbons (Fsp3) is 0.381. The van der Waals surface area contributed by atoms with Crippen molar-refractivity contribution in [2.45, 2.75) is 64.9 Å². The van der Waals surface area contributed by atoms with Crippen LogP contribution in [0.1, 0.15) is 64.9 Å². The van der Waals surface area contributed by atoms with Crippen molar-refractivity contribution in [3.05, 3.63) is 110 Å². The third kappa shape index (κ3) is 8.10. The highest BCUT2D eigenvalue weighted by Gasteiger charge is 2.33. The van der Waals surface area contributed by atoms with Crippen LogP contribution >= 0.6 is 0 Å². The Hall–Kier alpha value is -5.61. The molecule has 1 atom stereocenters. The first-order valence-corrected chi connectivity index (χ1v) is 18.1. The average Bonchev–Trinajstić information content (AvgIpc) is 3.18. The van der Waals surface area contributed by atoms with Crippen LogP contribution < -0.4 is 19.8 Å². The highest BCUT2D eigenvalue weighted by atomic mass is 19.4. The first kappa shape index (κ1) is 39.1. The lowest BCUT2D eigenvalue weighted by Crippen LogP contribution is -2.40. The first-order valence-electron chi connectivity index (χ1n) is 18.1. The van der Waals surface area contributed by atoms with Gasteiger partial charge in [-0.2, -0.15) is 18.4 Å². The molecule has 1 fully saturated rings. The van der Waals surface area contributed by atoms with E-state index >= 15 is 0 Å². The summed E-state index contributed by atoms with van der Waals surface area (Å²) in [6, 6.07) is 13.4. The quantitative estimate of drug-likeness (QED) is 0.130. The Morgan fingerprint density at radius 3 is 2.31 bits per heavy atom. The number of likely N-dealkylation sites (tertiary alicyclic amines) is 1. The van der Waals surface area contributed by atoms with Crippen molar-refractivity contribution >= 4 is 12.0 Å². The van der Waals surface area contributed by atoms with Gasteiger partial charge in [0.25, 0.3) is 11.5 Å². The van der Waals surface area contributed by atoms with Crippen LogP contribution in [0.2, 0.25) is 0 Å². The first-order chi connectivity index (χ1) is 26.2. The van der Waals surface area contributed by atoms with Crippen LogP contribution in [0.15, 0.2) is 65.2 Å². The van der Waals surface area contributed by atoms with Crippen LogP contribution in [0.3, 0.4) is 0 Å². The number of hydrogen-bond acceptors (Lipinski definition) is 8. The maximum atomic E-state index is 13.5. The maximum Gasteiger partial charge on any atom is 0.417 e. The Morgan fingerprint density at radius 1 is 1.02 bits per heavy atom. The molecule has 0 N–H and O–H groups in total. The van der Waals surface area contributed by atoms with Crippen LogP contribution in [0, 0.1) is 25.2 Å². The molecule has 4 aromatic rings. The fourth-order valence-corrected chi connectivity index (χ4v) is 7.48. The van der Waals surface area contributed by atoms with Gasteiger partial charge in [-0.15, -0.1) is 0 Å². The van der Waals surface area contributed by atoms with E-state index in [1.54, 1.807) is 30.7 Å². The van der Waals surface area contributed by atoms with Crippen molar-refractivity contribution in [3.63, 3.8) is 0 Å². The van der Waals surface area contributed by atoms with Crippen LogP contribution in [-0.4, -0.2) is 65.2 Å². The van der Waals surface area contributed by atoms with Gasteiger partial charge in [0.15, 0.2) is 0 Å². The van der Waals surface area contributed by atoms with Gasteiger partial charge in [0.1, 0.15) is 35.0 Å². The van der Waals surface area contributed by atoms with Crippen molar-refractivity contribution in [3.8, 4) is 34.4 Å². The number of carbonyl (C=O) groups is 1. The minimum Gasteiger partial charge on any atom is -0.496 e. The Balaban J connectivity index is 1.11. The van der Waals surface area contributed by atoms with Gasteiger partial charge in [0, 0.05) is 62.3 Å². The molecule has 0 saturated carbocycles. The molecule has 2 aliphatic rings. The molecule has 6 rings (SSSR count). The number of aromatic nitrogens is 2. The number of hydrogen-bond donors (Lipinski definition) is 0. The zero-order chi connectivity index (χ0) is 39.6. The maximum absolute atomic E-state index is 13.5. The summed E-state index contributed by atoms with van der Waals surface area (Å²) >= 11 is 0. The topological polar surface area (TPSA) is 110 Å². The van der Waals surface area contributed by atoms with Crippen LogP contribution in [0.25, 0.3) is 17.2 Å². The second-order valence-electron chi connectivity index (χ2n) is 14.0. The second-order valence-corrected chi connectivity index (χ2v) is 14.0. The van der Waals surface area contributed by atoms with Gasteiger partial charge in [0.2, 0.25) is 0 Å². The van der Waals surface area contributed by atoms with E-state index in [0.29, 0.717) is 42.8 Å².